The minimum absolute atomic E-state index is 0.0923. The van der Waals surface area contributed by atoms with Crippen LogP contribution in [0.2, 0.25) is 0 Å². The molecule has 4 N–H and O–H groups in total. The molecule has 100 valence electrons. The van der Waals surface area contributed by atoms with Crippen LogP contribution >= 0.6 is 0 Å². The highest BCUT2D eigenvalue weighted by Crippen LogP contribution is 2.20. The van der Waals surface area contributed by atoms with E-state index in [9.17, 15) is 10.1 Å². The van der Waals surface area contributed by atoms with E-state index in [2.05, 4.69) is 20.7 Å². The SMILES string of the molecule is Cn1ccnc1CNc1cc([N+](=O)[O-])cc(NN)n1. The van der Waals surface area contributed by atoms with E-state index in [1.807, 2.05) is 17.8 Å². The molecule has 0 fully saturated rings. The number of imidazole rings is 1. The molecule has 0 aromatic carbocycles. The lowest BCUT2D eigenvalue weighted by atomic mass is 10.3. The summed E-state index contributed by atoms with van der Waals surface area (Å²) in [6.45, 7) is 0.404. The van der Waals surface area contributed by atoms with E-state index in [0.29, 0.717) is 12.4 Å². The Labute approximate surface area is 108 Å². The number of nitro groups is 1. The van der Waals surface area contributed by atoms with E-state index in [-0.39, 0.29) is 11.5 Å². The van der Waals surface area contributed by atoms with Crippen LogP contribution in [0.25, 0.3) is 0 Å². The van der Waals surface area contributed by atoms with Gasteiger partial charge in [-0.1, -0.05) is 0 Å². The fraction of sp³-hybridized carbons (Fsp3) is 0.200. The summed E-state index contributed by atoms with van der Waals surface area (Å²) in [5, 5.41) is 13.7. The summed E-state index contributed by atoms with van der Waals surface area (Å²) in [6.07, 6.45) is 3.48. The number of nitrogen functional groups attached to an aromatic ring is 1. The highest BCUT2D eigenvalue weighted by Gasteiger charge is 2.11. The summed E-state index contributed by atoms with van der Waals surface area (Å²) in [6, 6.07) is 2.59. The van der Waals surface area contributed by atoms with Crippen LogP contribution in [-0.4, -0.2) is 19.5 Å². The van der Waals surface area contributed by atoms with Gasteiger partial charge in [-0.2, -0.15) is 0 Å². The third kappa shape index (κ3) is 2.96. The molecule has 2 aromatic heterocycles. The van der Waals surface area contributed by atoms with Crippen LogP contribution in [0.15, 0.2) is 24.5 Å². The first-order valence-electron chi connectivity index (χ1n) is 5.43. The third-order valence-corrected chi connectivity index (χ3v) is 2.52. The van der Waals surface area contributed by atoms with Gasteiger partial charge in [0.15, 0.2) is 0 Å². The van der Waals surface area contributed by atoms with E-state index in [1.165, 1.54) is 12.1 Å². The quantitative estimate of drug-likeness (QED) is 0.410. The second-order valence-electron chi connectivity index (χ2n) is 3.81. The van der Waals surface area contributed by atoms with Gasteiger partial charge in [-0.3, -0.25) is 10.1 Å². The van der Waals surface area contributed by atoms with Crippen molar-refractivity contribution < 1.29 is 4.92 Å². The van der Waals surface area contributed by atoms with Crippen molar-refractivity contribution in [2.24, 2.45) is 12.9 Å². The summed E-state index contributed by atoms with van der Waals surface area (Å²) in [5.41, 5.74) is 2.20. The number of aryl methyl sites for hydroxylation is 1. The summed E-state index contributed by atoms with van der Waals surface area (Å²) in [5.74, 6) is 6.58. The molecule has 0 bridgehead atoms. The van der Waals surface area contributed by atoms with Crippen molar-refractivity contribution in [3.8, 4) is 0 Å². The van der Waals surface area contributed by atoms with Gasteiger partial charge < -0.3 is 15.3 Å². The predicted molar refractivity (Wildman–Crippen MR) is 69.2 cm³/mol. The first-order chi connectivity index (χ1) is 9.10. The molecule has 0 aliphatic heterocycles. The fourth-order valence-corrected chi connectivity index (χ4v) is 1.52. The zero-order valence-electron chi connectivity index (χ0n) is 10.2. The van der Waals surface area contributed by atoms with Gasteiger partial charge in [0, 0.05) is 19.4 Å². The van der Waals surface area contributed by atoms with Gasteiger partial charge in [0.1, 0.15) is 17.5 Å². The second-order valence-corrected chi connectivity index (χ2v) is 3.81. The first kappa shape index (κ1) is 12.8. The summed E-state index contributed by atoms with van der Waals surface area (Å²) in [4.78, 5) is 18.5. The van der Waals surface area contributed by atoms with Gasteiger partial charge >= 0.3 is 0 Å². The van der Waals surface area contributed by atoms with Crippen molar-refractivity contribution in [1.29, 1.82) is 0 Å². The molecule has 0 atom stereocenters. The van der Waals surface area contributed by atoms with E-state index in [0.717, 1.165) is 5.82 Å². The number of nitrogens with two attached hydrogens (primary N) is 1. The Morgan fingerprint density at radius 2 is 2.21 bits per heavy atom. The average Bonchev–Trinajstić information content (AvgIpc) is 2.81. The largest absolute Gasteiger partial charge is 0.363 e. The molecular weight excluding hydrogens is 250 g/mol. The van der Waals surface area contributed by atoms with E-state index < -0.39 is 4.92 Å². The number of anilines is 2. The molecule has 0 aliphatic rings. The van der Waals surface area contributed by atoms with E-state index in [1.54, 1.807) is 6.20 Å². The van der Waals surface area contributed by atoms with Gasteiger partial charge in [-0.05, 0) is 0 Å². The molecule has 0 saturated heterocycles. The van der Waals surface area contributed by atoms with E-state index >= 15 is 0 Å². The number of rotatable bonds is 5. The summed E-state index contributed by atoms with van der Waals surface area (Å²) in [7, 11) is 1.86. The summed E-state index contributed by atoms with van der Waals surface area (Å²) >= 11 is 0. The molecule has 0 radical (unpaired) electrons. The number of nitrogens with one attached hydrogen (secondary N) is 2. The molecule has 0 aliphatic carbocycles. The number of pyridine rings is 1. The summed E-state index contributed by atoms with van der Waals surface area (Å²) < 4.78 is 1.84. The Balaban J connectivity index is 2.17. The Kier molecular flexibility index (Phi) is 3.57. The van der Waals surface area contributed by atoms with Crippen molar-refractivity contribution in [3.05, 3.63) is 40.5 Å². The topological polar surface area (TPSA) is 124 Å². The lowest BCUT2D eigenvalue weighted by Gasteiger charge is -2.07. The van der Waals surface area contributed by atoms with Crippen LogP contribution in [0.3, 0.4) is 0 Å². The van der Waals surface area contributed by atoms with E-state index in [4.69, 9.17) is 5.84 Å². The van der Waals surface area contributed by atoms with Crippen LogP contribution in [0, 0.1) is 10.1 Å². The van der Waals surface area contributed by atoms with Crippen molar-refractivity contribution in [2.75, 3.05) is 10.7 Å². The van der Waals surface area contributed by atoms with Crippen molar-refractivity contribution in [3.63, 3.8) is 0 Å². The Morgan fingerprint density at radius 3 is 2.79 bits per heavy atom. The predicted octanol–water partition coefficient (Wildman–Crippen LogP) is 0.621. The normalized spacial score (nSPS) is 10.2. The first-order valence-corrected chi connectivity index (χ1v) is 5.43. The maximum absolute atomic E-state index is 10.8. The molecule has 9 heteroatoms. The van der Waals surface area contributed by atoms with Crippen LogP contribution in [-0.2, 0) is 13.6 Å². The van der Waals surface area contributed by atoms with Crippen LogP contribution in [0.1, 0.15) is 5.82 Å². The van der Waals surface area contributed by atoms with Gasteiger partial charge in [0.2, 0.25) is 0 Å². The maximum atomic E-state index is 10.8. The number of nitrogens with zero attached hydrogens (tertiary/aromatic N) is 4. The van der Waals surface area contributed by atoms with Gasteiger partial charge in [0.05, 0.1) is 23.6 Å². The third-order valence-electron chi connectivity index (χ3n) is 2.52. The van der Waals surface area contributed by atoms with Crippen LogP contribution in [0.5, 0.6) is 0 Å². The molecule has 2 rings (SSSR count). The molecule has 0 saturated carbocycles. The number of aromatic nitrogens is 3. The Hall–Kier alpha value is -2.68. The molecule has 19 heavy (non-hydrogen) atoms. The Morgan fingerprint density at radius 1 is 1.47 bits per heavy atom. The minimum atomic E-state index is -0.505. The number of hydrogen-bond acceptors (Lipinski definition) is 7. The maximum Gasteiger partial charge on any atom is 0.276 e. The zero-order valence-corrected chi connectivity index (χ0v) is 10.2. The molecular formula is C10H13N7O2. The smallest absolute Gasteiger partial charge is 0.276 e. The monoisotopic (exact) mass is 263 g/mol. The molecule has 2 aromatic rings. The fourth-order valence-electron chi connectivity index (χ4n) is 1.52. The number of hydrazine groups is 1. The highest BCUT2D eigenvalue weighted by molar-refractivity contribution is 5.54. The lowest BCUT2D eigenvalue weighted by Crippen LogP contribution is -2.11. The van der Waals surface area contributed by atoms with Gasteiger partial charge in [-0.25, -0.2) is 15.8 Å². The molecule has 0 spiro atoms. The highest BCUT2D eigenvalue weighted by atomic mass is 16.6. The van der Waals surface area contributed by atoms with Crippen molar-refractivity contribution >= 4 is 17.3 Å². The van der Waals surface area contributed by atoms with Crippen molar-refractivity contribution in [1.82, 2.24) is 14.5 Å². The molecule has 0 unspecified atom stereocenters. The molecule has 0 amide bonds. The van der Waals surface area contributed by atoms with Crippen LogP contribution in [0.4, 0.5) is 17.3 Å². The zero-order chi connectivity index (χ0) is 13.8. The molecule has 2 heterocycles. The van der Waals surface area contributed by atoms with Gasteiger partial charge in [0.25, 0.3) is 5.69 Å². The number of hydrogen-bond donors (Lipinski definition) is 3. The van der Waals surface area contributed by atoms with Crippen molar-refractivity contribution in [2.45, 2.75) is 6.54 Å². The minimum Gasteiger partial charge on any atom is -0.363 e. The van der Waals surface area contributed by atoms with Crippen LogP contribution < -0.4 is 16.6 Å². The lowest BCUT2D eigenvalue weighted by molar-refractivity contribution is -0.384. The van der Waals surface area contributed by atoms with Gasteiger partial charge in [-0.15, -0.1) is 0 Å². The average molecular weight is 263 g/mol. The molecule has 9 nitrogen and oxygen atoms in total. The second kappa shape index (κ2) is 5.31. The standard InChI is InChI=1S/C10H13N7O2/c1-16-3-2-12-10(16)6-13-8-4-7(17(18)19)5-9(14-8)15-11/h2-5H,6,11H2,1H3,(H2,13,14,15). The Bertz CT molecular complexity index is 595.